The summed E-state index contributed by atoms with van der Waals surface area (Å²) < 4.78 is 17.7. The maximum atomic E-state index is 13.7. The van der Waals surface area contributed by atoms with Gasteiger partial charge in [-0.1, -0.05) is 135 Å². The largest absolute Gasteiger partial charge is 0.459 e. The van der Waals surface area contributed by atoms with E-state index in [1.807, 2.05) is 18.2 Å². The molecular weight excluding hydrogens is 705 g/mol. The van der Waals surface area contributed by atoms with Gasteiger partial charge in [0, 0.05) is 21.9 Å². The first-order chi connectivity index (χ1) is 27.2. The van der Waals surface area contributed by atoms with Gasteiger partial charge >= 0.3 is 11.9 Å². The highest BCUT2D eigenvalue weighted by molar-refractivity contribution is 5.99. The third kappa shape index (κ3) is 8.99. The molecule has 0 bridgehead atoms. The number of benzene rings is 5. The lowest BCUT2D eigenvalue weighted by molar-refractivity contribution is -0.140. The quantitative estimate of drug-likeness (QED) is 0.0666. The minimum atomic E-state index is -0.519. The van der Waals surface area contributed by atoms with Gasteiger partial charge in [-0.05, 0) is 117 Å². The van der Waals surface area contributed by atoms with Gasteiger partial charge in [-0.25, -0.2) is 9.59 Å². The molecule has 1 aliphatic rings. The third-order valence-corrected chi connectivity index (χ3v) is 10.7. The summed E-state index contributed by atoms with van der Waals surface area (Å²) >= 11 is 0. The van der Waals surface area contributed by atoms with Crippen molar-refractivity contribution < 1.29 is 23.8 Å². The van der Waals surface area contributed by atoms with E-state index >= 15 is 0 Å². The van der Waals surface area contributed by atoms with Gasteiger partial charge in [0.15, 0.2) is 0 Å². The Morgan fingerprint density at radius 2 is 1.25 bits per heavy atom. The Morgan fingerprint density at radius 1 is 0.649 bits per heavy atom. The lowest BCUT2D eigenvalue weighted by atomic mass is 9.84. The van der Waals surface area contributed by atoms with Crippen LogP contribution in [0, 0.1) is 0 Å². The van der Waals surface area contributed by atoms with Gasteiger partial charge in [-0.3, -0.25) is 0 Å². The van der Waals surface area contributed by atoms with Gasteiger partial charge in [0.25, 0.3) is 0 Å². The lowest BCUT2D eigenvalue weighted by Gasteiger charge is -2.24. The first kappa shape index (κ1) is 41.0. The monoisotopic (exact) mass is 760 g/mol. The average Bonchev–Trinajstić information content (AvgIpc) is 3.18. The van der Waals surface area contributed by atoms with Crippen LogP contribution >= 0.6 is 0 Å². The number of carbonyl (C=O) groups is 2. The molecule has 57 heavy (non-hydrogen) atoms. The average molecular weight is 761 g/mol. The van der Waals surface area contributed by atoms with Crippen LogP contribution in [0.5, 0.6) is 11.5 Å². The number of hydrogen-bond donors (Lipinski definition) is 0. The van der Waals surface area contributed by atoms with Gasteiger partial charge in [0.2, 0.25) is 0 Å². The van der Waals surface area contributed by atoms with Gasteiger partial charge in [0.05, 0.1) is 5.56 Å². The second-order valence-corrected chi connectivity index (χ2v) is 16.4. The summed E-state index contributed by atoms with van der Waals surface area (Å²) in [6.07, 6.45) is 3.06. The Kier molecular flexibility index (Phi) is 12.7. The Bertz CT molecular complexity index is 2390. The molecule has 5 aromatic carbocycles. The zero-order valence-electron chi connectivity index (χ0n) is 35.0. The summed E-state index contributed by atoms with van der Waals surface area (Å²) in [5.74, 6) is 1.94. The Hall–Kier alpha value is -5.68. The fourth-order valence-corrected chi connectivity index (χ4v) is 7.85. The molecule has 0 radical (unpaired) electrons. The van der Waals surface area contributed by atoms with E-state index in [1.165, 1.54) is 33.4 Å². The molecular formula is C52H56O5. The minimum Gasteiger partial charge on any atom is -0.459 e. The fraction of sp³-hybridized carbons (Fsp3) is 0.308. The van der Waals surface area contributed by atoms with E-state index in [0.717, 1.165) is 50.6 Å². The number of hydrogen-bond acceptors (Lipinski definition) is 5. The van der Waals surface area contributed by atoms with Crippen molar-refractivity contribution in [2.24, 2.45) is 0 Å². The first-order valence-electron chi connectivity index (χ1n) is 20.3. The van der Waals surface area contributed by atoms with E-state index in [9.17, 15) is 9.59 Å². The highest BCUT2D eigenvalue weighted by Crippen LogP contribution is 2.39. The molecule has 0 fully saturated rings. The number of carbonyl (C=O) groups excluding carboxylic acids is 2. The number of fused-ring (bicyclic) bond motifs is 2. The zero-order chi connectivity index (χ0) is 41.0. The Labute approximate surface area is 338 Å². The van der Waals surface area contributed by atoms with Crippen molar-refractivity contribution in [1.82, 2.24) is 0 Å². The second kappa shape index (κ2) is 17.6. The molecule has 5 nitrogen and oxygen atoms in total. The Balaban J connectivity index is 1.51. The van der Waals surface area contributed by atoms with Crippen molar-refractivity contribution in [3.8, 4) is 11.5 Å². The van der Waals surface area contributed by atoms with E-state index in [-0.39, 0.29) is 18.8 Å². The molecule has 5 heteroatoms. The molecule has 0 aromatic heterocycles. The second-order valence-electron chi connectivity index (χ2n) is 16.4. The summed E-state index contributed by atoms with van der Waals surface area (Å²) in [4.78, 5) is 25.7. The van der Waals surface area contributed by atoms with Crippen LogP contribution < -0.4 is 15.2 Å². The van der Waals surface area contributed by atoms with E-state index in [0.29, 0.717) is 29.2 Å². The van der Waals surface area contributed by atoms with Crippen LogP contribution in [0.1, 0.15) is 146 Å². The Morgan fingerprint density at radius 3 is 1.86 bits per heavy atom. The summed E-state index contributed by atoms with van der Waals surface area (Å²) in [7, 11) is 0. The van der Waals surface area contributed by atoms with Crippen molar-refractivity contribution in [3.63, 3.8) is 0 Å². The van der Waals surface area contributed by atoms with Crippen LogP contribution in [0.2, 0.25) is 0 Å². The molecule has 6 rings (SSSR count). The molecule has 0 amide bonds. The highest BCUT2D eigenvalue weighted by Gasteiger charge is 2.25. The van der Waals surface area contributed by atoms with Crippen LogP contribution in [0.25, 0.3) is 11.6 Å². The summed E-state index contributed by atoms with van der Waals surface area (Å²) in [6, 6.07) is 33.6. The predicted molar refractivity (Wildman–Crippen MR) is 232 cm³/mol. The van der Waals surface area contributed by atoms with Crippen LogP contribution in [0.15, 0.2) is 109 Å². The molecule has 1 heterocycles. The third-order valence-electron chi connectivity index (χ3n) is 10.7. The molecule has 0 spiro atoms. The van der Waals surface area contributed by atoms with Gasteiger partial charge < -0.3 is 14.2 Å². The molecule has 294 valence electrons. The topological polar surface area (TPSA) is 61.8 Å². The van der Waals surface area contributed by atoms with E-state index < -0.39 is 11.9 Å². The maximum Gasteiger partial charge on any atom is 0.338 e. The standard InChI is InChI=1S/C52H56O5/c1-31(2)38-17-13-18-39(32(3)4)46(38)27-36-21-23-44-48(29-36)57-49-30-37(28-47-40(33(5)6)19-14-20-41(47)34(7)8)22-24-45(49)50(44)42-15-11-12-16-43(42)52(54)56-26-25-55-51(53)35(9)10/h11-24,27,29-34H,9,25-26,28H2,1-8,10H3/b36-27+. The first-order valence-corrected chi connectivity index (χ1v) is 20.3. The molecule has 0 N–H and O–H groups in total. The van der Waals surface area contributed by atoms with Gasteiger partial charge in [0.1, 0.15) is 24.7 Å². The normalized spacial score (nSPS) is 12.5. The van der Waals surface area contributed by atoms with Crippen molar-refractivity contribution in [1.29, 1.82) is 0 Å². The fourth-order valence-electron chi connectivity index (χ4n) is 7.85. The zero-order valence-corrected chi connectivity index (χ0v) is 35.0. The smallest absolute Gasteiger partial charge is 0.338 e. The molecule has 0 unspecified atom stereocenters. The lowest BCUT2D eigenvalue weighted by Crippen LogP contribution is -2.22. The van der Waals surface area contributed by atoms with Crippen LogP contribution in [-0.2, 0) is 20.7 Å². The summed E-state index contributed by atoms with van der Waals surface area (Å²) in [6.45, 7) is 23.0. The van der Waals surface area contributed by atoms with E-state index in [4.69, 9.17) is 14.2 Å². The van der Waals surface area contributed by atoms with E-state index in [1.54, 1.807) is 13.0 Å². The minimum absolute atomic E-state index is 0.0609. The SMILES string of the molecule is C=C(C)C(=O)OCCOC(=O)c1ccccc1C1=c2cc/c(=C\c3c(C(C)C)cccc3C(C)C)cc2Oc2cc(Cc3c(C(C)C)cccc3C(C)C)ccc21. The van der Waals surface area contributed by atoms with E-state index in [2.05, 4.69) is 141 Å². The molecule has 1 aliphatic heterocycles. The molecule has 5 aromatic rings. The number of rotatable bonds is 13. The van der Waals surface area contributed by atoms with Crippen molar-refractivity contribution in [2.75, 3.05) is 13.2 Å². The van der Waals surface area contributed by atoms with Crippen molar-refractivity contribution >= 4 is 23.6 Å². The van der Waals surface area contributed by atoms with Gasteiger partial charge in [-0.15, -0.1) is 0 Å². The van der Waals surface area contributed by atoms with Crippen molar-refractivity contribution in [2.45, 2.75) is 92.4 Å². The highest BCUT2D eigenvalue weighted by atomic mass is 16.6. The van der Waals surface area contributed by atoms with Crippen LogP contribution in [0.4, 0.5) is 0 Å². The summed E-state index contributed by atoms with van der Waals surface area (Å²) in [5, 5.41) is 1.92. The van der Waals surface area contributed by atoms with Crippen molar-refractivity contribution in [3.05, 3.63) is 175 Å². The number of ether oxygens (including phenoxy) is 3. The number of esters is 2. The molecule has 0 atom stereocenters. The van der Waals surface area contributed by atoms with Crippen LogP contribution in [-0.4, -0.2) is 25.2 Å². The summed E-state index contributed by atoms with van der Waals surface area (Å²) in [5.41, 5.74) is 12.3. The molecule has 0 saturated carbocycles. The van der Waals surface area contributed by atoms with Crippen LogP contribution in [0.3, 0.4) is 0 Å². The molecule has 0 saturated heterocycles. The molecule has 0 aliphatic carbocycles. The predicted octanol–water partition coefficient (Wildman–Crippen LogP) is 11.2. The van der Waals surface area contributed by atoms with Gasteiger partial charge in [-0.2, -0.15) is 0 Å². The maximum absolute atomic E-state index is 13.7.